The van der Waals surface area contributed by atoms with E-state index >= 15 is 0 Å². The van der Waals surface area contributed by atoms with Crippen LogP contribution in [0.25, 0.3) is 0 Å². The summed E-state index contributed by atoms with van der Waals surface area (Å²) in [6.45, 7) is 0.432. The molecule has 0 N–H and O–H groups in total. The Bertz CT molecular complexity index is 152. The largest absolute Gasteiger partial charge is 0.368 e. The van der Waals surface area contributed by atoms with E-state index in [-0.39, 0.29) is 6.54 Å². The molecule has 56 valence electrons. The zero-order valence-corrected chi connectivity index (χ0v) is 5.50. The highest BCUT2D eigenvalue weighted by Crippen LogP contribution is 2.02. The minimum absolute atomic E-state index is 0.166. The molecule has 1 nitrogen and oxygen atoms in total. The van der Waals surface area contributed by atoms with Crippen molar-refractivity contribution in [2.24, 2.45) is 0 Å². The Balaban J connectivity index is 2.30. The van der Waals surface area contributed by atoms with Gasteiger partial charge in [0.2, 0.25) is 0 Å². The molecule has 0 spiro atoms. The van der Waals surface area contributed by atoms with Gasteiger partial charge in [-0.05, 0) is 12.3 Å². The summed E-state index contributed by atoms with van der Waals surface area (Å²) < 4.78 is 23.4. The second-order valence-corrected chi connectivity index (χ2v) is 2.11. The summed E-state index contributed by atoms with van der Waals surface area (Å²) in [4.78, 5) is 1.57. The number of hydrogen-bond donors (Lipinski definition) is 0. The van der Waals surface area contributed by atoms with E-state index in [1.54, 1.807) is 17.2 Å². The third kappa shape index (κ3) is 2.17. The molecular weight excluding hydrogens is 136 g/mol. The predicted octanol–water partition coefficient (Wildman–Crippen LogP) is 1.64. The molecule has 1 aliphatic heterocycles. The molecular formula is C7H9F2N. The molecule has 0 unspecified atom stereocenters. The smallest absolute Gasteiger partial charge is 0.255 e. The van der Waals surface area contributed by atoms with Crippen LogP contribution in [0.4, 0.5) is 8.78 Å². The van der Waals surface area contributed by atoms with Crippen LogP contribution < -0.4 is 0 Å². The summed E-state index contributed by atoms with van der Waals surface area (Å²) in [5, 5.41) is 0. The Hall–Kier alpha value is -0.860. The van der Waals surface area contributed by atoms with E-state index in [4.69, 9.17) is 0 Å². The fraction of sp³-hybridized carbons (Fsp3) is 0.429. The minimum Gasteiger partial charge on any atom is -0.368 e. The fourth-order valence-electron chi connectivity index (χ4n) is 0.820. The van der Waals surface area contributed by atoms with Gasteiger partial charge in [-0.3, -0.25) is 0 Å². The van der Waals surface area contributed by atoms with E-state index < -0.39 is 6.43 Å². The lowest BCUT2D eigenvalue weighted by Crippen LogP contribution is -2.24. The molecule has 0 saturated heterocycles. The Morgan fingerprint density at radius 2 is 2.20 bits per heavy atom. The fourth-order valence-corrected chi connectivity index (χ4v) is 0.820. The van der Waals surface area contributed by atoms with Crippen LogP contribution in [0.2, 0.25) is 0 Å². The maximum atomic E-state index is 11.7. The lowest BCUT2D eigenvalue weighted by atomic mass is 10.3. The van der Waals surface area contributed by atoms with Gasteiger partial charge in [0, 0.05) is 6.54 Å². The average Bonchev–Trinajstić information content (AvgIpc) is 1.88. The van der Waals surface area contributed by atoms with E-state index in [9.17, 15) is 8.78 Å². The summed E-state index contributed by atoms with van der Waals surface area (Å²) in [5.41, 5.74) is 0. The van der Waals surface area contributed by atoms with Crippen LogP contribution in [0.3, 0.4) is 0 Å². The van der Waals surface area contributed by atoms with Gasteiger partial charge in [-0.2, -0.15) is 0 Å². The molecule has 0 fully saturated rings. The Kier molecular flexibility index (Phi) is 2.42. The zero-order chi connectivity index (χ0) is 7.40. The molecule has 10 heavy (non-hydrogen) atoms. The van der Waals surface area contributed by atoms with Gasteiger partial charge in [-0.1, -0.05) is 12.2 Å². The lowest BCUT2D eigenvalue weighted by Gasteiger charge is -2.19. The van der Waals surface area contributed by atoms with Gasteiger partial charge >= 0.3 is 0 Å². The van der Waals surface area contributed by atoms with Gasteiger partial charge in [0.05, 0.1) is 6.54 Å². The number of hydrogen-bond acceptors (Lipinski definition) is 1. The maximum absolute atomic E-state index is 11.7. The molecule has 1 rings (SSSR count). The van der Waals surface area contributed by atoms with Crippen molar-refractivity contribution in [3.05, 3.63) is 24.4 Å². The van der Waals surface area contributed by atoms with Crippen molar-refractivity contribution in [3.63, 3.8) is 0 Å². The Labute approximate surface area is 58.6 Å². The summed E-state index contributed by atoms with van der Waals surface area (Å²) in [6.07, 6.45) is 4.89. The van der Waals surface area contributed by atoms with E-state index in [2.05, 4.69) is 0 Å². The van der Waals surface area contributed by atoms with Gasteiger partial charge in [0.1, 0.15) is 0 Å². The highest BCUT2D eigenvalue weighted by Gasteiger charge is 2.07. The third-order valence-corrected chi connectivity index (χ3v) is 1.26. The Morgan fingerprint density at radius 1 is 1.40 bits per heavy atom. The summed E-state index contributed by atoms with van der Waals surface area (Å²) in [6, 6.07) is 0. The molecule has 0 aromatic rings. The molecule has 0 saturated carbocycles. The first-order chi connectivity index (χ1) is 4.79. The standard InChI is InChI=1S/C7H9F2N/c8-7(9)6-10-4-2-1-3-5-10/h1-4,7H,5-6H2. The van der Waals surface area contributed by atoms with Gasteiger partial charge in [0.25, 0.3) is 6.43 Å². The average molecular weight is 145 g/mol. The van der Waals surface area contributed by atoms with Gasteiger partial charge in [-0.15, -0.1) is 0 Å². The van der Waals surface area contributed by atoms with E-state index in [0.29, 0.717) is 6.54 Å². The predicted molar refractivity (Wildman–Crippen MR) is 35.9 cm³/mol. The second kappa shape index (κ2) is 3.34. The summed E-state index contributed by atoms with van der Waals surface area (Å²) >= 11 is 0. The lowest BCUT2D eigenvalue weighted by molar-refractivity contribution is 0.112. The molecule has 1 aliphatic rings. The molecule has 0 aliphatic carbocycles. The van der Waals surface area contributed by atoms with Gasteiger partial charge in [0.15, 0.2) is 0 Å². The van der Waals surface area contributed by atoms with Crippen molar-refractivity contribution < 1.29 is 8.78 Å². The highest BCUT2D eigenvalue weighted by atomic mass is 19.3. The molecule has 3 heteroatoms. The first-order valence-electron chi connectivity index (χ1n) is 3.14. The van der Waals surface area contributed by atoms with Crippen LogP contribution in [0.5, 0.6) is 0 Å². The van der Waals surface area contributed by atoms with Gasteiger partial charge < -0.3 is 4.90 Å². The van der Waals surface area contributed by atoms with E-state index in [1.165, 1.54) is 0 Å². The third-order valence-electron chi connectivity index (χ3n) is 1.26. The zero-order valence-electron chi connectivity index (χ0n) is 5.50. The first kappa shape index (κ1) is 7.25. The van der Waals surface area contributed by atoms with Crippen LogP contribution in [0.1, 0.15) is 0 Å². The van der Waals surface area contributed by atoms with Crippen molar-refractivity contribution in [1.29, 1.82) is 0 Å². The molecule has 0 radical (unpaired) electrons. The molecule has 0 aromatic heterocycles. The normalized spacial score (nSPS) is 16.9. The van der Waals surface area contributed by atoms with E-state index in [1.807, 2.05) is 12.2 Å². The van der Waals surface area contributed by atoms with Gasteiger partial charge in [-0.25, -0.2) is 8.78 Å². The topological polar surface area (TPSA) is 3.24 Å². The minimum atomic E-state index is -2.24. The summed E-state index contributed by atoms with van der Waals surface area (Å²) in [7, 11) is 0. The maximum Gasteiger partial charge on any atom is 0.255 e. The van der Waals surface area contributed by atoms with Crippen molar-refractivity contribution >= 4 is 0 Å². The molecule has 0 amide bonds. The Morgan fingerprint density at radius 3 is 2.70 bits per heavy atom. The quantitative estimate of drug-likeness (QED) is 0.571. The number of halogens is 2. The summed E-state index contributed by atoms with van der Waals surface area (Å²) in [5.74, 6) is 0. The van der Waals surface area contributed by atoms with Crippen molar-refractivity contribution in [2.45, 2.75) is 6.43 Å². The number of allylic oxidation sites excluding steroid dienone is 2. The number of nitrogens with zero attached hydrogens (tertiary/aromatic N) is 1. The molecule has 0 atom stereocenters. The van der Waals surface area contributed by atoms with Crippen LogP contribution >= 0.6 is 0 Å². The molecule has 1 heterocycles. The van der Waals surface area contributed by atoms with Crippen molar-refractivity contribution in [2.75, 3.05) is 13.1 Å². The molecule has 0 aromatic carbocycles. The van der Waals surface area contributed by atoms with Crippen LogP contribution in [0, 0.1) is 0 Å². The second-order valence-electron chi connectivity index (χ2n) is 2.11. The number of rotatable bonds is 2. The molecule has 0 bridgehead atoms. The monoisotopic (exact) mass is 145 g/mol. The van der Waals surface area contributed by atoms with E-state index in [0.717, 1.165) is 0 Å². The highest BCUT2D eigenvalue weighted by molar-refractivity contribution is 5.08. The first-order valence-corrected chi connectivity index (χ1v) is 3.14. The van der Waals surface area contributed by atoms with Crippen LogP contribution in [-0.4, -0.2) is 24.4 Å². The van der Waals surface area contributed by atoms with Crippen molar-refractivity contribution in [1.82, 2.24) is 4.90 Å². The van der Waals surface area contributed by atoms with Crippen LogP contribution in [0.15, 0.2) is 24.4 Å². The SMILES string of the molecule is FC(F)CN1C=CC=CC1. The van der Waals surface area contributed by atoms with Crippen molar-refractivity contribution in [3.8, 4) is 0 Å². The number of alkyl halides is 2. The van der Waals surface area contributed by atoms with Crippen LogP contribution in [-0.2, 0) is 0 Å².